The molecule has 5 heteroatoms. The van der Waals surface area contributed by atoms with Crippen molar-refractivity contribution in [3.05, 3.63) is 51.6 Å². The Kier molecular flexibility index (Phi) is 2.48. The normalized spacial score (nSPS) is 11.1. The van der Waals surface area contributed by atoms with Gasteiger partial charge in [-0.25, -0.2) is 9.78 Å². The zero-order valence-electron chi connectivity index (χ0n) is 11.1. The average molecular weight is 254 g/mol. The van der Waals surface area contributed by atoms with Gasteiger partial charge in [0.1, 0.15) is 5.52 Å². The van der Waals surface area contributed by atoms with Crippen LogP contribution >= 0.6 is 0 Å². The van der Waals surface area contributed by atoms with Crippen LogP contribution in [0.5, 0.6) is 0 Å². The van der Waals surface area contributed by atoms with E-state index in [4.69, 9.17) is 0 Å². The number of nitrogens with one attached hydrogen (secondary N) is 1. The third kappa shape index (κ3) is 1.74. The fourth-order valence-corrected chi connectivity index (χ4v) is 2.21. The molecule has 0 fully saturated rings. The number of aryl methyl sites for hydroxylation is 3. The van der Waals surface area contributed by atoms with Crippen LogP contribution in [0.3, 0.4) is 0 Å². The van der Waals surface area contributed by atoms with E-state index in [0.29, 0.717) is 10.9 Å². The fourth-order valence-electron chi connectivity index (χ4n) is 2.21. The molecule has 0 aliphatic carbocycles. The quantitative estimate of drug-likeness (QED) is 0.722. The van der Waals surface area contributed by atoms with E-state index in [0.717, 1.165) is 17.1 Å². The van der Waals surface area contributed by atoms with Gasteiger partial charge in [0, 0.05) is 0 Å². The average Bonchev–Trinajstić information content (AvgIpc) is 2.74. The van der Waals surface area contributed by atoms with Gasteiger partial charge in [0.15, 0.2) is 0 Å². The number of hydrogen-bond donors (Lipinski definition) is 1. The van der Waals surface area contributed by atoms with Gasteiger partial charge in [-0.3, -0.25) is 4.79 Å². The molecule has 1 N–H and O–H groups in total. The summed E-state index contributed by atoms with van der Waals surface area (Å²) < 4.78 is 1.79. The van der Waals surface area contributed by atoms with E-state index in [2.05, 4.69) is 15.3 Å². The van der Waals surface area contributed by atoms with Crippen LogP contribution in [0.1, 0.15) is 17.0 Å². The van der Waals surface area contributed by atoms with E-state index in [1.54, 1.807) is 4.68 Å². The Morgan fingerprint density at radius 2 is 1.79 bits per heavy atom. The van der Waals surface area contributed by atoms with E-state index < -0.39 is 0 Å². The van der Waals surface area contributed by atoms with Crippen molar-refractivity contribution in [3.63, 3.8) is 0 Å². The molecule has 0 radical (unpaired) electrons. The molecule has 1 aromatic carbocycles. The van der Waals surface area contributed by atoms with Crippen LogP contribution < -0.4 is 5.56 Å². The second-order valence-corrected chi connectivity index (χ2v) is 4.69. The number of fused-ring (bicyclic) bond motifs is 1. The minimum Gasteiger partial charge on any atom is -0.267 e. The summed E-state index contributed by atoms with van der Waals surface area (Å²) in [7, 11) is 0. The third-order valence-electron chi connectivity index (χ3n) is 3.29. The van der Waals surface area contributed by atoms with Crippen molar-refractivity contribution in [1.82, 2.24) is 20.0 Å². The highest BCUT2D eigenvalue weighted by Gasteiger charge is 2.14. The molecule has 2 aromatic heterocycles. The molecule has 0 spiro atoms. The van der Waals surface area contributed by atoms with Gasteiger partial charge in [-0.2, -0.15) is 10.2 Å². The molecule has 0 unspecified atom stereocenters. The number of aromatic amines is 1. The van der Waals surface area contributed by atoms with Gasteiger partial charge in [0.2, 0.25) is 0 Å². The summed E-state index contributed by atoms with van der Waals surface area (Å²) in [5.74, 6) is 0. The lowest BCUT2D eigenvalue weighted by atomic mass is 10.2. The standard InChI is InChI=1S/C14H14N4O/c1-8-4-6-11(7-5-8)18-10(3)12-13(17-18)9(2)15-16-14(12)19/h4-7H,1-3H3,(H,16,19). The molecular weight excluding hydrogens is 240 g/mol. The van der Waals surface area contributed by atoms with Crippen molar-refractivity contribution >= 4 is 10.9 Å². The second kappa shape index (κ2) is 4.05. The number of benzene rings is 1. The molecule has 5 nitrogen and oxygen atoms in total. The first-order valence-electron chi connectivity index (χ1n) is 6.09. The number of nitrogens with zero attached hydrogens (tertiary/aromatic N) is 3. The predicted octanol–water partition coefficient (Wildman–Crippen LogP) is 2.03. The summed E-state index contributed by atoms with van der Waals surface area (Å²) in [6, 6.07) is 8.03. The summed E-state index contributed by atoms with van der Waals surface area (Å²) in [5.41, 5.74) is 4.14. The van der Waals surface area contributed by atoms with Crippen molar-refractivity contribution in [3.8, 4) is 5.69 Å². The molecule has 0 bridgehead atoms. The van der Waals surface area contributed by atoms with Gasteiger partial charge >= 0.3 is 0 Å². The van der Waals surface area contributed by atoms with Gasteiger partial charge in [-0.05, 0) is 32.9 Å². The Bertz CT molecular complexity index is 812. The highest BCUT2D eigenvalue weighted by Crippen LogP contribution is 2.19. The van der Waals surface area contributed by atoms with Crippen molar-refractivity contribution in [2.75, 3.05) is 0 Å². The number of H-pyrrole nitrogens is 1. The predicted molar refractivity (Wildman–Crippen MR) is 73.7 cm³/mol. The molecular formula is C14H14N4O. The first-order valence-corrected chi connectivity index (χ1v) is 6.09. The van der Waals surface area contributed by atoms with Crippen molar-refractivity contribution in [1.29, 1.82) is 0 Å². The maximum Gasteiger partial charge on any atom is 0.275 e. The van der Waals surface area contributed by atoms with Crippen LogP contribution in [-0.2, 0) is 0 Å². The van der Waals surface area contributed by atoms with E-state index in [-0.39, 0.29) is 5.56 Å². The van der Waals surface area contributed by atoms with Crippen LogP contribution in [0.15, 0.2) is 29.1 Å². The van der Waals surface area contributed by atoms with Gasteiger partial charge in [-0.15, -0.1) is 0 Å². The van der Waals surface area contributed by atoms with Crippen molar-refractivity contribution in [2.24, 2.45) is 0 Å². The smallest absolute Gasteiger partial charge is 0.267 e. The van der Waals surface area contributed by atoms with E-state index in [1.807, 2.05) is 45.0 Å². The molecule has 0 saturated heterocycles. The second-order valence-electron chi connectivity index (χ2n) is 4.69. The van der Waals surface area contributed by atoms with Gasteiger partial charge in [0.05, 0.1) is 22.5 Å². The molecule has 3 rings (SSSR count). The van der Waals surface area contributed by atoms with Crippen molar-refractivity contribution < 1.29 is 0 Å². The summed E-state index contributed by atoms with van der Waals surface area (Å²) in [6.07, 6.45) is 0. The molecule has 0 aliphatic rings. The molecule has 0 amide bonds. The Morgan fingerprint density at radius 3 is 2.42 bits per heavy atom. The van der Waals surface area contributed by atoms with Crippen LogP contribution in [0.4, 0.5) is 0 Å². The number of hydrogen-bond acceptors (Lipinski definition) is 3. The zero-order chi connectivity index (χ0) is 13.6. The maximum absolute atomic E-state index is 11.9. The lowest BCUT2D eigenvalue weighted by molar-refractivity contribution is 0.857. The lowest BCUT2D eigenvalue weighted by Crippen LogP contribution is -2.09. The zero-order valence-corrected chi connectivity index (χ0v) is 11.1. The molecule has 3 aromatic rings. The Labute approximate surface area is 109 Å². The fraction of sp³-hybridized carbons (Fsp3) is 0.214. The van der Waals surface area contributed by atoms with E-state index >= 15 is 0 Å². The minimum absolute atomic E-state index is 0.198. The highest BCUT2D eigenvalue weighted by atomic mass is 16.1. The Hall–Kier alpha value is -2.43. The topological polar surface area (TPSA) is 63.6 Å². The summed E-state index contributed by atoms with van der Waals surface area (Å²) in [4.78, 5) is 11.9. The molecule has 0 saturated carbocycles. The van der Waals surface area contributed by atoms with E-state index in [9.17, 15) is 4.79 Å². The molecule has 0 atom stereocenters. The van der Waals surface area contributed by atoms with Crippen LogP contribution in [-0.4, -0.2) is 20.0 Å². The van der Waals surface area contributed by atoms with Crippen LogP contribution in [0, 0.1) is 20.8 Å². The number of aromatic nitrogens is 4. The SMILES string of the molecule is Cc1ccc(-n2nc3c(C)n[nH]c(=O)c3c2C)cc1. The molecule has 96 valence electrons. The summed E-state index contributed by atoms with van der Waals surface area (Å²) in [5, 5.41) is 11.6. The third-order valence-corrected chi connectivity index (χ3v) is 3.29. The summed E-state index contributed by atoms with van der Waals surface area (Å²) >= 11 is 0. The summed E-state index contributed by atoms with van der Waals surface area (Å²) in [6.45, 7) is 5.77. The Morgan fingerprint density at radius 1 is 1.11 bits per heavy atom. The lowest BCUT2D eigenvalue weighted by Gasteiger charge is -2.03. The largest absolute Gasteiger partial charge is 0.275 e. The monoisotopic (exact) mass is 254 g/mol. The molecule has 0 aliphatic heterocycles. The van der Waals surface area contributed by atoms with Gasteiger partial charge < -0.3 is 0 Å². The first kappa shape index (κ1) is 11.6. The van der Waals surface area contributed by atoms with E-state index in [1.165, 1.54) is 5.56 Å². The maximum atomic E-state index is 11.9. The van der Waals surface area contributed by atoms with Crippen LogP contribution in [0.25, 0.3) is 16.6 Å². The first-order chi connectivity index (χ1) is 9.08. The minimum atomic E-state index is -0.198. The Balaban J connectivity index is 2.34. The van der Waals surface area contributed by atoms with Gasteiger partial charge in [0.25, 0.3) is 5.56 Å². The highest BCUT2D eigenvalue weighted by molar-refractivity contribution is 5.82. The van der Waals surface area contributed by atoms with Gasteiger partial charge in [-0.1, -0.05) is 17.7 Å². The number of rotatable bonds is 1. The van der Waals surface area contributed by atoms with Crippen molar-refractivity contribution in [2.45, 2.75) is 20.8 Å². The van der Waals surface area contributed by atoms with Crippen LogP contribution in [0.2, 0.25) is 0 Å². The molecule has 19 heavy (non-hydrogen) atoms. The molecule has 2 heterocycles.